The van der Waals surface area contributed by atoms with E-state index >= 15 is 0 Å². The SMILES string of the molecule is COC(C)C(COP(C)(=O)O)NC(=O)C1C=CC(N=NC2(C)C=CC(C)CC2)=CC1. The molecule has 0 aromatic rings. The number of allylic oxidation sites excluding steroid dienone is 3. The zero-order valence-electron chi connectivity index (χ0n) is 18.4. The van der Waals surface area contributed by atoms with E-state index in [1.54, 1.807) is 19.1 Å². The third kappa shape index (κ3) is 7.91. The highest BCUT2D eigenvalue weighted by molar-refractivity contribution is 7.51. The molecule has 6 unspecified atom stereocenters. The van der Waals surface area contributed by atoms with E-state index in [4.69, 9.17) is 9.26 Å². The summed E-state index contributed by atoms with van der Waals surface area (Å²) in [5.41, 5.74) is 0.467. The Morgan fingerprint density at radius 3 is 2.73 bits per heavy atom. The molecule has 1 amide bonds. The van der Waals surface area contributed by atoms with Crippen LogP contribution in [-0.4, -0.2) is 48.9 Å². The van der Waals surface area contributed by atoms with E-state index < -0.39 is 13.6 Å². The number of carbonyl (C=O) groups is 1. The highest BCUT2D eigenvalue weighted by Gasteiger charge is 2.27. The molecular weight excluding hydrogens is 405 g/mol. The largest absolute Gasteiger partial charge is 0.380 e. The van der Waals surface area contributed by atoms with Gasteiger partial charge < -0.3 is 19.5 Å². The fourth-order valence-corrected chi connectivity index (χ4v) is 3.61. The molecule has 0 heterocycles. The fraction of sp³-hybridized carbons (Fsp3) is 0.667. The molecular formula is C21H34N3O5P. The molecule has 2 rings (SSSR count). The first kappa shape index (κ1) is 24.7. The highest BCUT2D eigenvalue weighted by atomic mass is 31.2. The maximum atomic E-state index is 12.6. The molecule has 0 aromatic heterocycles. The Kier molecular flexibility index (Phi) is 8.73. The minimum absolute atomic E-state index is 0.110. The van der Waals surface area contributed by atoms with Crippen LogP contribution < -0.4 is 5.32 Å². The van der Waals surface area contributed by atoms with Gasteiger partial charge >= 0.3 is 7.60 Å². The average molecular weight is 439 g/mol. The van der Waals surface area contributed by atoms with Crippen molar-refractivity contribution < 1.29 is 23.5 Å². The second-order valence-corrected chi connectivity index (χ2v) is 10.3. The second-order valence-electron chi connectivity index (χ2n) is 8.42. The van der Waals surface area contributed by atoms with Crippen LogP contribution in [0.2, 0.25) is 0 Å². The summed E-state index contributed by atoms with van der Waals surface area (Å²) >= 11 is 0. The van der Waals surface area contributed by atoms with Crippen molar-refractivity contribution in [1.82, 2.24) is 5.32 Å². The van der Waals surface area contributed by atoms with E-state index in [2.05, 4.69) is 41.5 Å². The molecule has 2 aliphatic carbocycles. The van der Waals surface area contributed by atoms with Gasteiger partial charge in [0.25, 0.3) is 0 Å². The van der Waals surface area contributed by atoms with Gasteiger partial charge in [0.1, 0.15) is 0 Å². The second kappa shape index (κ2) is 10.6. The van der Waals surface area contributed by atoms with E-state index in [1.807, 2.05) is 6.08 Å². The number of rotatable bonds is 9. The maximum absolute atomic E-state index is 12.6. The Morgan fingerprint density at radius 1 is 1.47 bits per heavy atom. The predicted octanol–water partition coefficient (Wildman–Crippen LogP) is 3.99. The van der Waals surface area contributed by atoms with Crippen LogP contribution in [0.1, 0.15) is 40.0 Å². The molecule has 30 heavy (non-hydrogen) atoms. The number of hydrogen-bond acceptors (Lipinski definition) is 6. The van der Waals surface area contributed by atoms with E-state index in [0.29, 0.717) is 12.3 Å². The molecule has 6 atom stereocenters. The maximum Gasteiger partial charge on any atom is 0.325 e. The number of nitrogens with zero attached hydrogens (tertiary/aromatic N) is 2. The van der Waals surface area contributed by atoms with Gasteiger partial charge in [-0.05, 0) is 45.1 Å². The molecule has 0 saturated heterocycles. The van der Waals surface area contributed by atoms with Crippen molar-refractivity contribution in [3.05, 3.63) is 36.1 Å². The third-order valence-corrected chi connectivity index (χ3v) is 6.09. The Bertz CT molecular complexity index is 773. The molecule has 168 valence electrons. The number of amides is 1. The van der Waals surface area contributed by atoms with Crippen molar-refractivity contribution in [2.24, 2.45) is 22.1 Å². The number of azo groups is 1. The van der Waals surface area contributed by atoms with Crippen LogP contribution in [0, 0.1) is 11.8 Å². The zero-order chi connectivity index (χ0) is 22.4. The molecule has 0 bridgehead atoms. The molecule has 0 spiro atoms. The minimum Gasteiger partial charge on any atom is -0.380 e. The van der Waals surface area contributed by atoms with Crippen LogP contribution in [0.5, 0.6) is 0 Å². The van der Waals surface area contributed by atoms with Crippen LogP contribution in [0.4, 0.5) is 0 Å². The smallest absolute Gasteiger partial charge is 0.325 e. The van der Waals surface area contributed by atoms with Crippen molar-refractivity contribution in [1.29, 1.82) is 0 Å². The Morgan fingerprint density at radius 2 is 2.20 bits per heavy atom. The summed E-state index contributed by atoms with van der Waals surface area (Å²) in [4.78, 5) is 22.0. The number of ether oxygens (including phenoxy) is 1. The summed E-state index contributed by atoms with van der Waals surface area (Å²) in [5, 5.41) is 11.7. The number of carbonyl (C=O) groups excluding carboxylic acids is 1. The molecule has 2 N–H and O–H groups in total. The fourth-order valence-electron chi connectivity index (χ4n) is 3.17. The van der Waals surface area contributed by atoms with Gasteiger partial charge in [0, 0.05) is 13.8 Å². The van der Waals surface area contributed by atoms with Crippen LogP contribution in [0.15, 0.2) is 46.3 Å². The van der Waals surface area contributed by atoms with E-state index in [-0.39, 0.29) is 30.1 Å². The Labute approximate surface area is 179 Å². The molecule has 0 fully saturated rings. The van der Waals surface area contributed by atoms with Gasteiger partial charge in [-0.3, -0.25) is 9.36 Å². The quantitative estimate of drug-likeness (QED) is 0.321. The molecule has 0 aromatic carbocycles. The first-order valence-electron chi connectivity index (χ1n) is 10.3. The minimum atomic E-state index is -3.64. The first-order chi connectivity index (χ1) is 14.0. The van der Waals surface area contributed by atoms with Crippen molar-refractivity contribution in [3.8, 4) is 0 Å². The predicted molar refractivity (Wildman–Crippen MR) is 116 cm³/mol. The van der Waals surface area contributed by atoms with Crippen LogP contribution in [0.3, 0.4) is 0 Å². The van der Waals surface area contributed by atoms with Gasteiger partial charge in [0.15, 0.2) is 0 Å². The van der Waals surface area contributed by atoms with E-state index in [9.17, 15) is 14.3 Å². The summed E-state index contributed by atoms with van der Waals surface area (Å²) in [6.45, 7) is 7.03. The van der Waals surface area contributed by atoms with Gasteiger partial charge in [-0.25, -0.2) is 0 Å². The number of methoxy groups -OCH3 is 1. The van der Waals surface area contributed by atoms with E-state index in [1.165, 1.54) is 7.11 Å². The van der Waals surface area contributed by atoms with Crippen LogP contribution in [0.25, 0.3) is 0 Å². The lowest BCUT2D eigenvalue weighted by atomic mass is 9.85. The number of nitrogens with one attached hydrogen (secondary N) is 1. The standard InChI is InChI=1S/C21H34N3O5P/c1-15-10-12-21(3,13-11-15)24-23-18-8-6-17(7-9-18)20(25)22-19(16(2)28-4)14-29-30(5,26)27/h6,8-10,12,15-17,19H,7,11,13-14H2,1-5H3,(H,22,25)(H,26,27). The van der Waals surface area contributed by atoms with E-state index in [0.717, 1.165) is 25.2 Å². The van der Waals surface area contributed by atoms with Crippen molar-refractivity contribution in [3.63, 3.8) is 0 Å². The Hall–Kier alpha value is -1.60. The lowest BCUT2D eigenvalue weighted by molar-refractivity contribution is -0.125. The molecule has 9 heteroatoms. The summed E-state index contributed by atoms with van der Waals surface area (Å²) in [7, 11) is -2.13. The lowest BCUT2D eigenvalue weighted by Gasteiger charge is -2.27. The summed E-state index contributed by atoms with van der Waals surface area (Å²) in [6.07, 6.45) is 12.0. The highest BCUT2D eigenvalue weighted by Crippen LogP contribution is 2.36. The topological polar surface area (TPSA) is 110 Å². The van der Waals surface area contributed by atoms with Gasteiger partial charge in [0.05, 0.1) is 35.9 Å². The van der Waals surface area contributed by atoms with Crippen molar-refractivity contribution in [2.45, 2.75) is 57.7 Å². The van der Waals surface area contributed by atoms with Gasteiger partial charge in [-0.15, -0.1) is 0 Å². The first-order valence-corrected chi connectivity index (χ1v) is 12.3. The van der Waals surface area contributed by atoms with Gasteiger partial charge in [-0.2, -0.15) is 10.2 Å². The monoisotopic (exact) mass is 439 g/mol. The lowest BCUT2D eigenvalue weighted by Crippen LogP contribution is -2.47. The Balaban J connectivity index is 1.92. The van der Waals surface area contributed by atoms with Crippen molar-refractivity contribution in [2.75, 3.05) is 20.4 Å². The zero-order valence-corrected chi connectivity index (χ0v) is 19.3. The van der Waals surface area contributed by atoms with Crippen LogP contribution >= 0.6 is 7.60 Å². The molecule has 0 radical (unpaired) electrons. The number of hydrogen-bond donors (Lipinski definition) is 2. The molecule has 0 saturated carbocycles. The average Bonchev–Trinajstić information content (AvgIpc) is 2.71. The summed E-state index contributed by atoms with van der Waals surface area (Å²) < 4.78 is 21.6. The van der Waals surface area contributed by atoms with Crippen molar-refractivity contribution >= 4 is 13.5 Å². The van der Waals surface area contributed by atoms with Gasteiger partial charge in [0.2, 0.25) is 5.91 Å². The summed E-state index contributed by atoms with van der Waals surface area (Å²) in [6, 6.07) is -0.540. The molecule has 2 aliphatic rings. The molecule has 8 nitrogen and oxygen atoms in total. The van der Waals surface area contributed by atoms with Crippen LogP contribution in [-0.2, 0) is 18.6 Å². The summed E-state index contributed by atoms with van der Waals surface area (Å²) in [5.74, 6) is 0.0260. The normalized spacial score (nSPS) is 30.5. The third-order valence-electron chi connectivity index (χ3n) is 5.46. The van der Waals surface area contributed by atoms with Gasteiger partial charge in [-0.1, -0.05) is 31.2 Å². The molecule has 0 aliphatic heterocycles.